The topological polar surface area (TPSA) is 63.2 Å². The minimum atomic E-state index is -0.335. The summed E-state index contributed by atoms with van der Waals surface area (Å²) in [5.74, 6) is -0.0896. The molecule has 1 amide bonds. The van der Waals surface area contributed by atoms with Crippen LogP contribution in [0.25, 0.3) is 11.3 Å². The molecule has 0 unspecified atom stereocenters. The van der Waals surface area contributed by atoms with Gasteiger partial charge in [-0.15, -0.1) is 11.3 Å². The van der Waals surface area contributed by atoms with Gasteiger partial charge in [0, 0.05) is 17.0 Å². The highest BCUT2D eigenvalue weighted by molar-refractivity contribution is 7.16. The van der Waals surface area contributed by atoms with Crippen LogP contribution in [0, 0.1) is 0 Å². The smallest absolute Gasteiger partial charge is 0.245 e. The van der Waals surface area contributed by atoms with E-state index in [0.29, 0.717) is 18.3 Å². The third-order valence-electron chi connectivity index (χ3n) is 3.89. The number of nitrogens with zero attached hydrogens (tertiary/aromatic N) is 1. The largest absolute Gasteiger partial charge is 0.375 e. The molecule has 0 aliphatic carbocycles. The highest BCUT2D eigenvalue weighted by atomic mass is 32.1. The summed E-state index contributed by atoms with van der Waals surface area (Å²) in [5, 5.41) is 6.77. The van der Waals surface area contributed by atoms with Crippen LogP contribution in [0.5, 0.6) is 0 Å². The molecule has 5 nitrogen and oxygen atoms in total. The lowest BCUT2D eigenvalue weighted by molar-refractivity contribution is -0.123. The molecular weight excluding hydrogens is 310 g/mol. The molecule has 2 N–H and O–H groups in total. The minimum Gasteiger partial charge on any atom is -0.375 e. The Labute approximate surface area is 140 Å². The molecule has 0 bridgehead atoms. The summed E-state index contributed by atoms with van der Waals surface area (Å²) in [6.07, 6.45) is 0.752. The molecule has 1 aliphatic rings. The summed E-state index contributed by atoms with van der Waals surface area (Å²) in [7, 11) is 0. The van der Waals surface area contributed by atoms with Crippen molar-refractivity contribution in [2.45, 2.75) is 32.4 Å². The van der Waals surface area contributed by atoms with Crippen LogP contribution in [-0.2, 0) is 16.0 Å². The van der Waals surface area contributed by atoms with Gasteiger partial charge >= 0.3 is 0 Å². The number of carbonyl (C=O) groups excluding carboxylic acids is 1. The first-order valence-electron chi connectivity index (χ1n) is 7.90. The number of nitrogens with one attached hydrogen (secondary N) is 2. The maximum atomic E-state index is 12.4. The number of carbonyl (C=O) groups is 1. The van der Waals surface area contributed by atoms with Crippen LogP contribution in [0.3, 0.4) is 0 Å². The number of hydrogen-bond acceptors (Lipinski definition) is 5. The Morgan fingerprint density at radius 2 is 2.22 bits per heavy atom. The number of amides is 1. The minimum absolute atomic E-state index is 0.0896. The molecule has 2 aromatic rings. The van der Waals surface area contributed by atoms with Crippen LogP contribution in [0.4, 0.5) is 5.13 Å². The Bertz CT molecular complexity index is 672. The highest BCUT2D eigenvalue weighted by Crippen LogP contribution is 2.31. The lowest BCUT2D eigenvalue weighted by Crippen LogP contribution is -2.53. The van der Waals surface area contributed by atoms with Gasteiger partial charge in [-0.05, 0) is 13.3 Å². The number of hydrogen-bond donors (Lipinski definition) is 2. The number of thiazole rings is 1. The second kappa shape index (κ2) is 7.21. The van der Waals surface area contributed by atoms with Crippen LogP contribution in [-0.4, -0.2) is 36.2 Å². The number of benzene rings is 1. The zero-order valence-corrected chi connectivity index (χ0v) is 14.2. The Hall–Kier alpha value is -1.76. The Balaban J connectivity index is 1.78. The van der Waals surface area contributed by atoms with Gasteiger partial charge in [0.2, 0.25) is 5.91 Å². The van der Waals surface area contributed by atoms with Gasteiger partial charge in [-0.1, -0.05) is 37.3 Å². The molecule has 1 saturated heterocycles. The second-order valence-corrected chi connectivity index (χ2v) is 6.59. The molecule has 122 valence electrons. The Morgan fingerprint density at radius 1 is 1.43 bits per heavy atom. The van der Waals surface area contributed by atoms with Crippen molar-refractivity contribution in [3.8, 4) is 11.3 Å². The second-order valence-electron chi connectivity index (χ2n) is 5.51. The van der Waals surface area contributed by atoms with E-state index in [2.05, 4.69) is 22.5 Å². The van der Waals surface area contributed by atoms with E-state index in [1.807, 2.05) is 37.3 Å². The molecule has 1 fully saturated rings. The molecule has 1 aromatic carbocycles. The van der Waals surface area contributed by atoms with E-state index in [0.717, 1.165) is 17.7 Å². The third kappa shape index (κ3) is 3.60. The zero-order valence-electron chi connectivity index (χ0n) is 13.3. The fourth-order valence-electron chi connectivity index (χ4n) is 2.68. The number of aromatic nitrogens is 1. The van der Waals surface area contributed by atoms with Crippen LogP contribution >= 0.6 is 11.3 Å². The molecule has 3 rings (SSSR count). The summed E-state index contributed by atoms with van der Waals surface area (Å²) < 4.78 is 5.53. The van der Waals surface area contributed by atoms with Crippen LogP contribution in [0.15, 0.2) is 30.3 Å². The molecule has 6 heteroatoms. The van der Waals surface area contributed by atoms with Gasteiger partial charge in [0.1, 0.15) is 6.04 Å². The number of morpholine rings is 1. The lowest BCUT2D eigenvalue weighted by Gasteiger charge is -2.28. The van der Waals surface area contributed by atoms with Gasteiger partial charge in [0.15, 0.2) is 5.13 Å². The van der Waals surface area contributed by atoms with Crippen molar-refractivity contribution in [1.29, 1.82) is 0 Å². The van der Waals surface area contributed by atoms with Gasteiger partial charge in [0.05, 0.1) is 18.4 Å². The third-order valence-corrected chi connectivity index (χ3v) is 5.01. The molecule has 2 heterocycles. The number of ether oxygens (including phenoxy) is 1. The van der Waals surface area contributed by atoms with Crippen LogP contribution < -0.4 is 10.6 Å². The standard InChI is InChI=1S/C17H21N3O2S/c1-3-13-15(12-7-5-4-6-8-12)19-17(23-13)20-16(21)14-11(2)22-10-9-18-14/h4-8,11,14,18H,3,9-10H2,1-2H3,(H,19,20,21)/t11-,14+/m1/s1. The van der Waals surface area contributed by atoms with E-state index in [9.17, 15) is 4.79 Å². The van der Waals surface area contributed by atoms with E-state index in [1.165, 1.54) is 16.2 Å². The summed E-state index contributed by atoms with van der Waals surface area (Å²) >= 11 is 1.54. The number of aryl methyl sites for hydroxylation is 1. The summed E-state index contributed by atoms with van der Waals surface area (Å²) in [4.78, 5) is 18.2. The van der Waals surface area contributed by atoms with Gasteiger partial charge in [-0.2, -0.15) is 0 Å². The van der Waals surface area contributed by atoms with Crippen LogP contribution in [0.2, 0.25) is 0 Å². The summed E-state index contributed by atoms with van der Waals surface area (Å²) in [6, 6.07) is 9.73. The van der Waals surface area contributed by atoms with Crippen LogP contribution in [0.1, 0.15) is 18.7 Å². The van der Waals surface area contributed by atoms with Gasteiger partial charge in [-0.25, -0.2) is 4.98 Å². The maximum Gasteiger partial charge on any atom is 0.245 e. The number of anilines is 1. The highest BCUT2D eigenvalue weighted by Gasteiger charge is 2.29. The molecule has 0 spiro atoms. The van der Waals surface area contributed by atoms with E-state index >= 15 is 0 Å². The molecule has 1 aliphatic heterocycles. The van der Waals surface area contributed by atoms with Gasteiger partial charge in [-0.3, -0.25) is 4.79 Å². The van der Waals surface area contributed by atoms with E-state index in [1.54, 1.807) is 0 Å². The van der Waals surface area contributed by atoms with Crippen molar-refractivity contribution in [3.05, 3.63) is 35.2 Å². The van der Waals surface area contributed by atoms with E-state index in [4.69, 9.17) is 4.74 Å². The van der Waals surface area contributed by atoms with Crippen molar-refractivity contribution in [2.75, 3.05) is 18.5 Å². The molecule has 1 aromatic heterocycles. The zero-order chi connectivity index (χ0) is 16.2. The first-order valence-corrected chi connectivity index (χ1v) is 8.71. The van der Waals surface area contributed by atoms with Crippen molar-refractivity contribution >= 4 is 22.4 Å². The van der Waals surface area contributed by atoms with E-state index in [-0.39, 0.29) is 18.1 Å². The summed E-state index contributed by atoms with van der Waals surface area (Å²) in [5.41, 5.74) is 2.03. The molecular formula is C17H21N3O2S. The Kier molecular flexibility index (Phi) is 5.05. The average molecular weight is 331 g/mol. The number of rotatable bonds is 4. The fraction of sp³-hybridized carbons (Fsp3) is 0.412. The fourth-order valence-corrected chi connectivity index (χ4v) is 3.60. The van der Waals surface area contributed by atoms with Crippen molar-refractivity contribution in [2.24, 2.45) is 0 Å². The monoisotopic (exact) mass is 331 g/mol. The predicted molar refractivity (Wildman–Crippen MR) is 92.8 cm³/mol. The predicted octanol–water partition coefficient (Wildman–Crippen LogP) is 2.69. The van der Waals surface area contributed by atoms with Crippen molar-refractivity contribution in [3.63, 3.8) is 0 Å². The maximum absolute atomic E-state index is 12.4. The van der Waals surface area contributed by atoms with E-state index < -0.39 is 0 Å². The van der Waals surface area contributed by atoms with Crippen molar-refractivity contribution in [1.82, 2.24) is 10.3 Å². The Morgan fingerprint density at radius 3 is 2.91 bits per heavy atom. The molecule has 0 radical (unpaired) electrons. The summed E-state index contributed by atoms with van der Waals surface area (Å²) in [6.45, 7) is 5.34. The molecule has 0 saturated carbocycles. The molecule has 2 atom stereocenters. The van der Waals surface area contributed by atoms with Gasteiger partial charge in [0.25, 0.3) is 0 Å². The quantitative estimate of drug-likeness (QED) is 0.904. The lowest BCUT2D eigenvalue weighted by atomic mass is 10.1. The first kappa shape index (κ1) is 16.1. The SMILES string of the molecule is CCc1sc(NC(=O)[C@H]2NCCO[C@@H]2C)nc1-c1ccccc1. The van der Waals surface area contributed by atoms with Crippen molar-refractivity contribution < 1.29 is 9.53 Å². The normalized spacial score (nSPS) is 21.1. The first-order chi connectivity index (χ1) is 11.2. The molecule has 23 heavy (non-hydrogen) atoms. The van der Waals surface area contributed by atoms with Gasteiger partial charge < -0.3 is 15.4 Å². The average Bonchev–Trinajstić information content (AvgIpc) is 2.99.